The second-order valence-electron chi connectivity index (χ2n) is 4.11. The van der Waals surface area contributed by atoms with Crippen LogP contribution in [0.1, 0.15) is 10.5 Å². The molecule has 106 valence electrons. The standard InChI is InChI=1S/C12H21N5O2/c1-13-11-5-4-10(15-16-11)12(18)14-6-7-17(2)8-9-19-3/h4-5H,6-9H2,1-3H3,(H,13,16)(H,14,18). The predicted octanol–water partition coefficient (Wildman–Crippen LogP) is -0.174. The van der Waals surface area contributed by atoms with Crippen molar-refractivity contribution in [1.82, 2.24) is 20.4 Å². The fraction of sp³-hybridized carbons (Fsp3) is 0.583. The van der Waals surface area contributed by atoms with E-state index in [1.807, 2.05) is 7.05 Å². The molecular formula is C12H21N5O2. The van der Waals surface area contributed by atoms with Crippen LogP contribution in [0.3, 0.4) is 0 Å². The number of ether oxygens (including phenoxy) is 1. The third-order valence-corrected chi connectivity index (χ3v) is 2.61. The number of methoxy groups -OCH3 is 1. The first-order valence-corrected chi connectivity index (χ1v) is 6.14. The van der Waals surface area contributed by atoms with E-state index < -0.39 is 0 Å². The van der Waals surface area contributed by atoms with Crippen LogP contribution < -0.4 is 10.6 Å². The Morgan fingerprint density at radius 2 is 2.16 bits per heavy atom. The Bertz CT molecular complexity index is 382. The zero-order valence-electron chi connectivity index (χ0n) is 11.6. The Hall–Kier alpha value is -1.73. The third-order valence-electron chi connectivity index (χ3n) is 2.61. The van der Waals surface area contributed by atoms with Crippen LogP contribution in [0.25, 0.3) is 0 Å². The van der Waals surface area contributed by atoms with Crippen molar-refractivity contribution in [1.29, 1.82) is 0 Å². The van der Waals surface area contributed by atoms with Gasteiger partial charge in [0.2, 0.25) is 0 Å². The molecule has 0 saturated carbocycles. The van der Waals surface area contributed by atoms with Gasteiger partial charge in [-0.1, -0.05) is 0 Å². The van der Waals surface area contributed by atoms with Crippen LogP contribution in [0.15, 0.2) is 12.1 Å². The normalized spacial score (nSPS) is 10.5. The second kappa shape index (κ2) is 8.39. The van der Waals surface area contributed by atoms with Gasteiger partial charge in [0.05, 0.1) is 6.61 Å². The summed E-state index contributed by atoms with van der Waals surface area (Å²) in [5, 5.41) is 13.3. The highest BCUT2D eigenvalue weighted by Gasteiger charge is 2.07. The molecule has 7 heteroatoms. The van der Waals surface area contributed by atoms with Crippen LogP contribution in [0, 0.1) is 0 Å². The number of carbonyl (C=O) groups is 1. The summed E-state index contributed by atoms with van der Waals surface area (Å²) in [6.07, 6.45) is 0. The minimum absolute atomic E-state index is 0.213. The second-order valence-corrected chi connectivity index (χ2v) is 4.11. The first-order chi connectivity index (χ1) is 9.17. The summed E-state index contributed by atoms with van der Waals surface area (Å²) in [5.41, 5.74) is 0.318. The fourth-order valence-electron chi connectivity index (χ4n) is 1.40. The molecule has 0 unspecified atom stereocenters. The van der Waals surface area contributed by atoms with E-state index in [0.29, 0.717) is 24.7 Å². The first kappa shape index (κ1) is 15.3. The number of carbonyl (C=O) groups excluding carboxylic acids is 1. The lowest BCUT2D eigenvalue weighted by Gasteiger charge is -2.15. The summed E-state index contributed by atoms with van der Waals surface area (Å²) in [7, 11) is 5.40. The van der Waals surface area contributed by atoms with Gasteiger partial charge in [-0.05, 0) is 19.2 Å². The van der Waals surface area contributed by atoms with Gasteiger partial charge in [-0.15, -0.1) is 10.2 Å². The highest BCUT2D eigenvalue weighted by atomic mass is 16.5. The smallest absolute Gasteiger partial charge is 0.271 e. The number of nitrogens with one attached hydrogen (secondary N) is 2. The molecule has 0 saturated heterocycles. The number of amides is 1. The quantitative estimate of drug-likeness (QED) is 0.680. The van der Waals surface area contributed by atoms with E-state index in [0.717, 1.165) is 13.1 Å². The van der Waals surface area contributed by atoms with Gasteiger partial charge in [0.15, 0.2) is 5.69 Å². The SMILES string of the molecule is CNc1ccc(C(=O)NCCN(C)CCOC)nn1. The minimum Gasteiger partial charge on any atom is -0.383 e. The maximum absolute atomic E-state index is 11.8. The first-order valence-electron chi connectivity index (χ1n) is 6.14. The number of aromatic nitrogens is 2. The lowest BCUT2D eigenvalue weighted by Crippen LogP contribution is -2.34. The summed E-state index contributed by atoms with van der Waals surface area (Å²) in [5.74, 6) is 0.422. The molecule has 0 aliphatic heterocycles. The van der Waals surface area contributed by atoms with Crippen molar-refractivity contribution >= 4 is 11.7 Å². The van der Waals surface area contributed by atoms with Gasteiger partial charge in [0.1, 0.15) is 5.82 Å². The number of hydrogen-bond donors (Lipinski definition) is 2. The zero-order chi connectivity index (χ0) is 14.1. The molecule has 0 atom stereocenters. The number of likely N-dealkylation sites (N-methyl/N-ethyl adjacent to an activating group) is 1. The highest BCUT2D eigenvalue weighted by molar-refractivity contribution is 5.92. The van der Waals surface area contributed by atoms with Gasteiger partial charge >= 0.3 is 0 Å². The van der Waals surface area contributed by atoms with Crippen molar-refractivity contribution in [2.75, 3.05) is 52.8 Å². The minimum atomic E-state index is -0.213. The largest absolute Gasteiger partial charge is 0.383 e. The van der Waals surface area contributed by atoms with Crippen molar-refractivity contribution in [3.63, 3.8) is 0 Å². The van der Waals surface area contributed by atoms with E-state index in [2.05, 4.69) is 25.7 Å². The molecule has 1 aromatic rings. The highest BCUT2D eigenvalue weighted by Crippen LogP contribution is 2.00. The Morgan fingerprint density at radius 1 is 1.37 bits per heavy atom. The van der Waals surface area contributed by atoms with Gasteiger partial charge in [-0.25, -0.2) is 0 Å². The molecule has 0 bridgehead atoms. The monoisotopic (exact) mass is 267 g/mol. The number of anilines is 1. The van der Waals surface area contributed by atoms with Gasteiger partial charge < -0.3 is 20.3 Å². The van der Waals surface area contributed by atoms with Gasteiger partial charge in [-0.3, -0.25) is 4.79 Å². The lowest BCUT2D eigenvalue weighted by molar-refractivity contribution is 0.0941. The summed E-state index contributed by atoms with van der Waals surface area (Å²) < 4.78 is 4.98. The molecule has 7 nitrogen and oxygen atoms in total. The summed E-state index contributed by atoms with van der Waals surface area (Å²) in [6.45, 7) is 2.84. The topological polar surface area (TPSA) is 79.4 Å². The molecule has 0 radical (unpaired) electrons. The fourth-order valence-corrected chi connectivity index (χ4v) is 1.40. The average molecular weight is 267 g/mol. The van der Waals surface area contributed by atoms with E-state index in [1.54, 1.807) is 26.3 Å². The number of rotatable bonds is 8. The Balaban J connectivity index is 2.30. The van der Waals surface area contributed by atoms with Crippen molar-refractivity contribution in [2.45, 2.75) is 0 Å². The van der Waals surface area contributed by atoms with Crippen molar-refractivity contribution in [3.8, 4) is 0 Å². The van der Waals surface area contributed by atoms with Crippen LogP contribution in [0.5, 0.6) is 0 Å². The number of nitrogens with zero attached hydrogens (tertiary/aromatic N) is 3. The maximum Gasteiger partial charge on any atom is 0.271 e. The molecule has 0 aromatic carbocycles. The molecule has 0 aliphatic carbocycles. The van der Waals surface area contributed by atoms with Crippen LogP contribution in [0.2, 0.25) is 0 Å². The van der Waals surface area contributed by atoms with Crippen LogP contribution in [-0.2, 0) is 4.74 Å². The average Bonchev–Trinajstić information content (AvgIpc) is 2.45. The van der Waals surface area contributed by atoms with E-state index in [9.17, 15) is 4.79 Å². The summed E-state index contributed by atoms with van der Waals surface area (Å²) in [4.78, 5) is 13.8. The third kappa shape index (κ3) is 5.62. The molecule has 0 aliphatic rings. The molecule has 1 aromatic heterocycles. The van der Waals surface area contributed by atoms with Gasteiger partial charge in [0.25, 0.3) is 5.91 Å². The maximum atomic E-state index is 11.8. The summed E-state index contributed by atoms with van der Waals surface area (Å²) in [6, 6.07) is 3.36. The van der Waals surface area contributed by atoms with Crippen molar-refractivity contribution in [3.05, 3.63) is 17.8 Å². The Morgan fingerprint density at radius 3 is 2.74 bits per heavy atom. The lowest BCUT2D eigenvalue weighted by atomic mass is 10.3. The van der Waals surface area contributed by atoms with E-state index in [4.69, 9.17) is 4.74 Å². The van der Waals surface area contributed by atoms with E-state index >= 15 is 0 Å². The molecule has 1 amide bonds. The summed E-state index contributed by atoms with van der Waals surface area (Å²) >= 11 is 0. The molecule has 2 N–H and O–H groups in total. The van der Waals surface area contributed by atoms with Crippen molar-refractivity contribution < 1.29 is 9.53 Å². The van der Waals surface area contributed by atoms with Crippen LogP contribution >= 0.6 is 0 Å². The predicted molar refractivity (Wildman–Crippen MR) is 73.3 cm³/mol. The zero-order valence-corrected chi connectivity index (χ0v) is 11.6. The van der Waals surface area contributed by atoms with Gasteiger partial charge in [-0.2, -0.15) is 0 Å². The van der Waals surface area contributed by atoms with Crippen LogP contribution in [0.4, 0.5) is 5.82 Å². The van der Waals surface area contributed by atoms with E-state index in [-0.39, 0.29) is 5.91 Å². The van der Waals surface area contributed by atoms with Crippen LogP contribution in [-0.4, -0.2) is 68.5 Å². The van der Waals surface area contributed by atoms with Gasteiger partial charge in [0, 0.05) is 33.8 Å². The van der Waals surface area contributed by atoms with Crippen molar-refractivity contribution in [2.24, 2.45) is 0 Å². The van der Waals surface area contributed by atoms with E-state index in [1.165, 1.54) is 0 Å². The molecule has 0 spiro atoms. The Kier molecular flexibility index (Phi) is 6.76. The molecule has 1 heterocycles. The Labute approximate surface area is 113 Å². The molecule has 1 rings (SSSR count). The molecular weight excluding hydrogens is 246 g/mol. The molecule has 19 heavy (non-hydrogen) atoms. The number of hydrogen-bond acceptors (Lipinski definition) is 6. The molecule has 0 fully saturated rings.